The molecule has 1 aromatic heterocycles. The van der Waals surface area contributed by atoms with Crippen molar-refractivity contribution in [2.45, 2.75) is 11.8 Å². The summed E-state index contributed by atoms with van der Waals surface area (Å²) in [5.74, 6) is -2.03. The monoisotopic (exact) mass is 468 g/mol. The highest BCUT2D eigenvalue weighted by atomic mass is 35.5. The average molecular weight is 469 g/mol. The molecule has 0 radical (unpaired) electrons. The van der Waals surface area contributed by atoms with E-state index >= 15 is 0 Å². The second-order valence-electron chi connectivity index (χ2n) is 6.98. The molecule has 10 heteroatoms. The third-order valence-electron chi connectivity index (χ3n) is 4.85. The van der Waals surface area contributed by atoms with Gasteiger partial charge in [0.1, 0.15) is 18.1 Å². The van der Waals surface area contributed by atoms with Crippen LogP contribution in [0.4, 0.5) is 22.0 Å². The smallest absolute Gasteiger partial charge is 0.426 e. The van der Waals surface area contributed by atoms with Crippen molar-refractivity contribution >= 4 is 22.5 Å². The molecule has 4 aromatic rings. The van der Waals surface area contributed by atoms with E-state index in [4.69, 9.17) is 16.3 Å². The molecule has 0 spiro atoms. The normalized spacial score (nSPS) is 13.8. The van der Waals surface area contributed by atoms with Crippen LogP contribution in [0.25, 0.3) is 16.6 Å². The van der Waals surface area contributed by atoms with E-state index < -0.39 is 41.5 Å². The maximum atomic E-state index is 14.1. The summed E-state index contributed by atoms with van der Waals surface area (Å²) in [7, 11) is 0. The third kappa shape index (κ3) is 3.89. The predicted molar refractivity (Wildman–Crippen MR) is 108 cm³/mol. The maximum absolute atomic E-state index is 14.1. The lowest BCUT2D eigenvalue weighted by atomic mass is 9.97. The Labute approximate surface area is 183 Å². The van der Waals surface area contributed by atoms with Crippen molar-refractivity contribution in [2.75, 3.05) is 6.61 Å². The molecule has 166 valence electrons. The molecule has 4 rings (SSSR count). The minimum atomic E-state index is -5.22. The first-order chi connectivity index (χ1) is 15.1. The number of hydrogen-bond acceptors (Lipinski definition) is 3. The molecule has 4 nitrogen and oxygen atoms in total. The third-order valence-corrected chi connectivity index (χ3v) is 5.08. The van der Waals surface area contributed by atoms with Crippen LogP contribution in [0, 0.1) is 11.6 Å². The summed E-state index contributed by atoms with van der Waals surface area (Å²) in [4.78, 5) is 0. The van der Waals surface area contributed by atoms with Gasteiger partial charge in [0, 0.05) is 10.4 Å². The lowest BCUT2D eigenvalue weighted by Crippen LogP contribution is -2.47. The number of halogens is 6. The molecule has 0 fully saturated rings. The lowest BCUT2D eigenvalue weighted by Gasteiger charge is -2.29. The van der Waals surface area contributed by atoms with E-state index in [2.05, 4.69) is 5.10 Å². The molecule has 0 saturated carbocycles. The first-order valence-corrected chi connectivity index (χ1v) is 9.59. The standard InChI is InChI=1S/C22H14ClF5N2O2/c23-13-5-10-19(17(25)11-13)32-12-21(31,22(26,27)28)20-16-3-1-2-4-18(16)30(29-20)15-8-6-14(24)7-9-15/h1-11,31H,12H2. The molecule has 32 heavy (non-hydrogen) atoms. The first-order valence-electron chi connectivity index (χ1n) is 9.21. The van der Waals surface area contributed by atoms with Gasteiger partial charge in [0.25, 0.3) is 0 Å². The molecule has 0 aliphatic carbocycles. The number of ether oxygens (including phenoxy) is 1. The van der Waals surface area contributed by atoms with E-state index in [1.807, 2.05) is 0 Å². The van der Waals surface area contributed by atoms with E-state index in [1.54, 1.807) is 6.07 Å². The number of para-hydroxylation sites is 1. The molecule has 0 aliphatic rings. The summed E-state index contributed by atoms with van der Waals surface area (Å²) in [6.45, 7) is -1.36. The van der Waals surface area contributed by atoms with Gasteiger partial charge in [0.15, 0.2) is 11.6 Å². The van der Waals surface area contributed by atoms with Gasteiger partial charge < -0.3 is 9.84 Å². The molecule has 0 aliphatic heterocycles. The van der Waals surface area contributed by atoms with Gasteiger partial charge in [-0.15, -0.1) is 0 Å². The van der Waals surface area contributed by atoms with Crippen molar-refractivity contribution in [1.82, 2.24) is 9.78 Å². The second-order valence-corrected chi connectivity index (χ2v) is 7.41. The van der Waals surface area contributed by atoms with Gasteiger partial charge in [-0.2, -0.15) is 18.3 Å². The summed E-state index contributed by atoms with van der Waals surface area (Å²) >= 11 is 5.65. The van der Waals surface area contributed by atoms with E-state index in [-0.39, 0.29) is 21.6 Å². The number of alkyl halides is 3. The minimum Gasteiger partial charge on any atom is -0.487 e. The van der Waals surface area contributed by atoms with Crippen LogP contribution >= 0.6 is 11.6 Å². The zero-order valence-electron chi connectivity index (χ0n) is 16.1. The largest absolute Gasteiger partial charge is 0.487 e. The minimum absolute atomic E-state index is 0.00294. The first kappa shape index (κ1) is 22.0. The topological polar surface area (TPSA) is 47.3 Å². The Balaban J connectivity index is 1.83. The zero-order chi connectivity index (χ0) is 23.1. The van der Waals surface area contributed by atoms with E-state index in [9.17, 15) is 27.1 Å². The fourth-order valence-corrected chi connectivity index (χ4v) is 3.37. The van der Waals surface area contributed by atoms with E-state index in [1.165, 1.54) is 36.4 Å². The van der Waals surface area contributed by atoms with Crippen molar-refractivity contribution in [2.24, 2.45) is 0 Å². The van der Waals surface area contributed by atoms with E-state index in [0.717, 1.165) is 28.9 Å². The number of aliphatic hydroxyl groups is 1. The van der Waals surface area contributed by atoms with Gasteiger partial charge >= 0.3 is 6.18 Å². The van der Waals surface area contributed by atoms with Crippen LogP contribution in [-0.4, -0.2) is 27.7 Å². The van der Waals surface area contributed by atoms with Crippen LogP contribution in [-0.2, 0) is 5.60 Å². The maximum Gasteiger partial charge on any atom is 0.426 e. The Kier molecular flexibility index (Phi) is 5.56. The SMILES string of the molecule is OC(COc1ccc(Cl)cc1F)(c1nn(-c2ccc(F)cc2)c2ccccc12)C(F)(F)F. The summed E-state index contributed by atoms with van der Waals surface area (Å²) in [5, 5.41) is 14.8. The average Bonchev–Trinajstić information content (AvgIpc) is 3.13. The van der Waals surface area contributed by atoms with Gasteiger partial charge in [-0.25, -0.2) is 13.5 Å². The van der Waals surface area contributed by atoms with Crippen molar-refractivity contribution in [3.63, 3.8) is 0 Å². The fourth-order valence-electron chi connectivity index (χ4n) is 3.21. The molecule has 3 aromatic carbocycles. The van der Waals surface area contributed by atoms with Gasteiger partial charge in [-0.3, -0.25) is 0 Å². The summed E-state index contributed by atoms with van der Waals surface area (Å²) < 4.78 is 75.8. The van der Waals surface area contributed by atoms with E-state index in [0.29, 0.717) is 0 Å². The highest BCUT2D eigenvalue weighted by molar-refractivity contribution is 6.30. The number of fused-ring (bicyclic) bond motifs is 1. The van der Waals surface area contributed by atoms with Crippen molar-refractivity contribution in [3.05, 3.63) is 89.1 Å². The van der Waals surface area contributed by atoms with Gasteiger partial charge in [-0.1, -0.05) is 29.8 Å². The Hall–Kier alpha value is -3.17. The van der Waals surface area contributed by atoms with Crippen LogP contribution in [0.2, 0.25) is 5.02 Å². The number of hydrogen-bond donors (Lipinski definition) is 1. The van der Waals surface area contributed by atoms with Crippen LogP contribution < -0.4 is 4.74 Å². The van der Waals surface area contributed by atoms with Gasteiger partial charge in [0.2, 0.25) is 5.60 Å². The van der Waals surface area contributed by atoms with Gasteiger partial charge in [-0.05, 0) is 48.5 Å². The Morgan fingerprint density at radius 2 is 1.66 bits per heavy atom. The molecule has 0 saturated heterocycles. The highest BCUT2D eigenvalue weighted by Crippen LogP contribution is 2.42. The second kappa shape index (κ2) is 8.07. The van der Waals surface area contributed by atoms with Crippen molar-refractivity contribution in [1.29, 1.82) is 0 Å². The Morgan fingerprint density at radius 3 is 2.31 bits per heavy atom. The summed E-state index contributed by atoms with van der Waals surface area (Å²) in [6, 6.07) is 14.1. The molecule has 1 atom stereocenters. The Bertz CT molecular complexity index is 1270. The van der Waals surface area contributed by atoms with Crippen LogP contribution in [0.5, 0.6) is 5.75 Å². The number of benzene rings is 3. The molecular formula is C22H14ClF5N2O2. The predicted octanol–water partition coefficient (Wildman–Crippen LogP) is 5.79. The fraction of sp³-hybridized carbons (Fsp3) is 0.136. The summed E-state index contributed by atoms with van der Waals surface area (Å²) in [5.41, 5.74) is -3.79. The van der Waals surface area contributed by atoms with Crippen LogP contribution in [0.1, 0.15) is 5.69 Å². The molecule has 1 unspecified atom stereocenters. The van der Waals surface area contributed by atoms with Crippen LogP contribution in [0.15, 0.2) is 66.7 Å². The molecule has 1 N–H and O–H groups in total. The molecular weight excluding hydrogens is 455 g/mol. The van der Waals surface area contributed by atoms with Crippen molar-refractivity contribution < 1.29 is 31.8 Å². The van der Waals surface area contributed by atoms with Gasteiger partial charge in [0.05, 0.1) is 11.2 Å². The number of aromatic nitrogens is 2. The molecule has 0 amide bonds. The lowest BCUT2D eigenvalue weighted by molar-refractivity contribution is -0.276. The van der Waals surface area contributed by atoms with Crippen LogP contribution in [0.3, 0.4) is 0 Å². The Morgan fingerprint density at radius 1 is 0.969 bits per heavy atom. The molecule has 0 bridgehead atoms. The quantitative estimate of drug-likeness (QED) is 0.377. The summed E-state index contributed by atoms with van der Waals surface area (Å²) in [6.07, 6.45) is -5.22. The molecule has 1 heterocycles. The number of nitrogens with zero attached hydrogens (tertiary/aromatic N) is 2. The van der Waals surface area contributed by atoms with Crippen molar-refractivity contribution in [3.8, 4) is 11.4 Å². The highest BCUT2D eigenvalue weighted by Gasteiger charge is 2.58. The number of rotatable bonds is 5. The zero-order valence-corrected chi connectivity index (χ0v) is 16.8.